The lowest BCUT2D eigenvalue weighted by molar-refractivity contribution is 0.00970. The minimum atomic E-state index is -0.718. The standard InChI is InChI=1S/C10H16O2/c1-9(2,11)8-6-7-4-5-10(8,3)12-7/h6-7,11H,4-5H2,1-3H3. The maximum Gasteiger partial charge on any atom is 0.0900 e. The summed E-state index contributed by atoms with van der Waals surface area (Å²) in [5, 5.41) is 9.86. The number of rotatable bonds is 1. The highest BCUT2D eigenvalue weighted by molar-refractivity contribution is 5.33. The van der Waals surface area contributed by atoms with Crippen LogP contribution in [-0.4, -0.2) is 22.4 Å². The molecule has 0 radical (unpaired) electrons. The Balaban J connectivity index is 2.34. The first kappa shape index (κ1) is 8.27. The highest BCUT2D eigenvalue weighted by Crippen LogP contribution is 2.46. The lowest BCUT2D eigenvalue weighted by Gasteiger charge is -2.31. The molecule has 2 bridgehead atoms. The second-order valence-corrected chi connectivity index (χ2v) is 4.57. The van der Waals surface area contributed by atoms with Crippen LogP contribution in [-0.2, 0) is 4.74 Å². The molecular formula is C10H16O2. The molecule has 2 heterocycles. The maximum absolute atomic E-state index is 9.86. The van der Waals surface area contributed by atoms with Crippen molar-refractivity contribution in [2.24, 2.45) is 0 Å². The van der Waals surface area contributed by atoms with Gasteiger partial charge >= 0.3 is 0 Å². The Morgan fingerprint density at radius 2 is 2.33 bits per heavy atom. The van der Waals surface area contributed by atoms with Gasteiger partial charge < -0.3 is 9.84 Å². The minimum Gasteiger partial charge on any atom is -0.386 e. The molecule has 2 unspecified atom stereocenters. The van der Waals surface area contributed by atoms with Gasteiger partial charge in [0.15, 0.2) is 0 Å². The predicted molar refractivity (Wildman–Crippen MR) is 46.9 cm³/mol. The van der Waals surface area contributed by atoms with Gasteiger partial charge in [-0.1, -0.05) is 6.08 Å². The second kappa shape index (κ2) is 2.12. The van der Waals surface area contributed by atoms with Gasteiger partial charge in [0.2, 0.25) is 0 Å². The van der Waals surface area contributed by atoms with Gasteiger partial charge in [0, 0.05) is 0 Å². The Kier molecular flexibility index (Phi) is 1.46. The van der Waals surface area contributed by atoms with Gasteiger partial charge in [-0.2, -0.15) is 0 Å². The summed E-state index contributed by atoms with van der Waals surface area (Å²) in [6, 6.07) is 0. The van der Waals surface area contributed by atoms with E-state index in [1.807, 2.05) is 13.8 Å². The maximum atomic E-state index is 9.86. The first-order chi connectivity index (χ1) is 5.42. The fourth-order valence-electron chi connectivity index (χ4n) is 2.40. The van der Waals surface area contributed by atoms with Crippen molar-refractivity contribution in [1.29, 1.82) is 0 Å². The topological polar surface area (TPSA) is 29.5 Å². The fourth-order valence-corrected chi connectivity index (χ4v) is 2.40. The van der Waals surface area contributed by atoms with Crippen LogP contribution in [0.25, 0.3) is 0 Å². The van der Waals surface area contributed by atoms with Crippen LogP contribution in [0.3, 0.4) is 0 Å². The summed E-state index contributed by atoms with van der Waals surface area (Å²) in [6.07, 6.45) is 4.50. The van der Waals surface area contributed by atoms with Crippen LogP contribution in [0.2, 0.25) is 0 Å². The van der Waals surface area contributed by atoms with Gasteiger partial charge in [0.05, 0.1) is 17.3 Å². The van der Waals surface area contributed by atoms with Crippen molar-refractivity contribution in [3.8, 4) is 0 Å². The van der Waals surface area contributed by atoms with Crippen LogP contribution in [0.5, 0.6) is 0 Å². The molecule has 12 heavy (non-hydrogen) atoms. The molecule has 0 amide bonds. The summed E-state index contributed by atoms with van der Waals surface area (Å²) < 4.78 is 5.75. The van der Waals surface area contributed by atoms with E-state index in [1.165, 1.54) is 0 Å². The molecule has 2 aliphatic heterocycles. The molecule has 2 heteroatoms. The third-order valence-corrected chi connectivity index (χ3v) is 2.90. The fraction of sp³-hybridized carbons (Fsp3) is 0.800. The van der Waals surface area contributed by atoms with Crippen LogP contribution >= 0.6 is 0 Å². The van der Waals surface area contributed by atoms with Crippen LogP contribution < -0.4 is 0 Å². The zero-order chi connectivity index (χ0) is 8.98. The average molecular weight is 168 g/mol. The first-order valence-electron chi connectivity index (χ1n) is 4.55. The van der Waals surface area contributed by atoms with E-state index in [-0.39, 0.29) is 11.7 Å². The van der Waals surface area contributed by atoms with E-state index in [4.69, 9.17) is 4.74 Å². The van der Waals surface area contributed by atoms with Gasteiger partial charge in [0.1, 0.15) is 0 Å². The highest BCUT2D eigenvalue weighted by Gasteiger charge is 2.48. The van der Waals surface area contributed by atoms with E-state index in [2.05, 4.69) is 13.0 Å². The minimum absolute atomic E-state index is 0.178. The molecule has 2 nitrogen and oxygen atoms in total. The summed E-state index contributed by atoms with van der Waals surface area (Å²) >= 11 is 0. The first-order valence-corrected chi connectivity index (χ1v) is 4.55. The summed E-state index contributed by atoms with van der Waals surface area (Å²) in [4.78, 5) is 0. The number of hydrogen-bond donors (Lipinski definition) is 1. The van der Waals surface area contributed by atoms with Crippen LogP contribution in [0.4, 0.5) is 0 Å². The van der Waals surface area contributed by atoms with Gasteiger partial charge in [-0.25, -0.2) is 0 Å². The Morgan fingerprint density at radius 3 is 2.58 bits per heavy atom. The third-order valence-electron chi connectivity index (χ3n) is 2.90. The molecule has 0 aliphatic carbocycles. The molecule has 0 aromatic heterocycles. The Morgan fingerprint density at radius 1 is 1.67 bits per heavy atom. The van der Waals surface area contributed by atoms with Crippen molar-refractivity contribution in [2.45, 2.75) is 50.9 Å². The van der Waals surface area contributed by atoms with E-state index in [0.717, 1.165) is 18.4 Å². The molecule has 1 N–H and O–H groups in total. The van der Waals surface area contributed by atoms with Crippen molar-refractivity contribution < 1.29 is 9.84 Å². The molecule has 0 spiro atoms. The summed E-state index contributed by atoms with van der Waals surface area (Å²) in [6.45, 7) is 5.73. The molecule has 0 aromatic carbocycles. The molecular weight excluding hydrogens is 152 g/mol. The van der Waals surface area contributed by atoms with Crippen LogP contribution in [0.1, 0.15) is 33.6 Å². The number of hydrogen-bond acceptors (Lipinski definition) is 2. The Hall–Kier alpha value is -0.340. The van der Waals surface area contributed by atoms with Gasteiger partial charge in [0.25, 0.3) is 0 Å². The molecule has 0 saturated carbocycles. The van der Waals surface area contributed by atoms with Gasteiger partial charge in [-0.05, 0) is 39.2 Å². The van der Waals surface area contributed by atoms with Crippen LogP contribution in [0, 0.1) is 0 Å². The SMILES string of the molecule is CC(C)(O)C1=CC2CCC1(C)O2. The molecule has 0 aromatic rings. The van der Waals surface area contributed by atoms with Crippen molar-refractivity contribution >= 4 is 0 Å². The number of fused-ring (bicyclic) bond motifs is 2. The van der Waals surface area contributed by atoms with Crippen molar-refractivity contribution in [3.63, 3.8) is 0 Å². The quantitative estimate of drug-likeness (QED) is 0.603. The number of aliphatic hydroxyl groups is 1. The van der Waals surface area contributed by atoms with E-state index in [1.54, 1.807) is 0 Å². The zero-order valence-electron chi connectivity index (χ0n) is 7.92. The summed E-state index contributed by atoms with van der Waals surface area (Å²) in [5.41, 5.74) is 0.165. The van der Waals surface area contributed by atoms with Crippen molar-refractivity contribution in [1.82, 2.24) is 0 Å². The lowest BCUT2D eigenvalue weighted by atomic mass is 9.80. The molecule has 2 atom stereocenters. The van der Waals surface area contributed by atoms with E-state index in [9.17, 15) is 5.11 Å². The van der Waals surface area contributed by atoms with Gasteiger partial charge in [-0.15, -0.1) is 0 Å². The van der Waals surface area contributed by atoms with Crippen molar-refractivity contribution in [2.75, 3.05) is 0 Å². The van der Waals surface area contributed by atoms with E-state index < -0.39 is 5.60 Å². The molecule has 1 saturated heterocycles. The third kappa shape index (κ3) is 1.02. The highest BCUT2D eigenvalue weighted by atomic mass is 16.5. The summed E-state index contributed by atoms with van der Waals surface area (Å²) in [5.74, 6) is 0. The van der Waals surface area contributed by atoms with Crippen molar-refractivity contribution in [3.05, 3.63) is 11.6 Å². The zero-order valence-corrected chi connectivity index (χ0v) is 7.92. The van der Waals surface area contributed by atoms with Crippen LogP contribution in [0.15, 0.2) is 11.6 Å². The predicted octanol–water partition coefficient (Wildman–Crippen LogP) is 1.64. The molecule has 2 rings (SSSR count). The average Bonchev–Trinajstić information content (AvgIpc) is 2.39. The van der Waals surface area contributed by atoms with E-state index >= 15 is 0 Å². The number of ether oxygens (including phenoxy) is 1. The Bertz CT molecular complexity index is 237. The lowest BCUT2D eigenvalue weighted by Crippen LogP contribution is -2.36. The Labute approximate surface area is 73.2 Å². The normalized spacial score (nSPS) is 40.3. The van der Waals surface area contributed by atoms with Gasteiger partial charge in [-0.3, -0.25) is 0 Å². The smallest absolute Gasteiger partial charge is 0.0900 e. The second-order valence-electron chi connectivity index (χ2n) is 4.57. The molecule has 2 aliphatic rings. The summed E-state index contributed by atoms with van der Waals surface area (Å²) in [7, 11) is 0. The van der Waals surface area contributed by atoms with E-state index in [0.29, 0.717) is 0 Å². The molecule has 68 valence electrons. The molecule has 1 fully saturated rings. The monoisotopic (exact) mass is 168 g/mol. The largest absolute Gasteiger partial charge is 0.386 e.